The number of hydrogen-bond acceptors (Lipinski definition) is 6. The number of nitrogens with zero attached hydrogens (tertiary/aromatic N) is 5. The number of β-lactam (4-membered cyclic amide) rings is 1. The summed E-state index contributed by atoms with van der Waals surface area (Å²) >= 11 is 0. The minimum Gasteiger partial charge on any atom is -0.384 e. The summed E-state index contributed by atoms with van der Waals surface area (Å²) in [6.07, 6.45) is 6.06. The molecule has 2 N–H and O–H groups in total. The zero-order valence-electron chi connectivity index (χ0n) is 20.2. The van der Waals surface area contributed by atoms with Gasteiger partial charge in [-0.25, -0.2) is 9.97 Å². The number of benzene rings is 1. The molecule has 1 fully saturated rings. The molecule has 3 heterocycles. The molecule has 1 aromatic carbocycles. The Bertz CT molecular complexity index is 1220. The number of imide groups is 1. The maximum atomic E-state index is 13.6. The molecule has 9 nitrogen and oxygen atoms in total. The Kier molecular flexibility index (Phi) is 6.95. The van der Waals surface area contributed by atoms with Crippen LogP contribution in [0.1, 0.15) is 36.8 Å². The molecule has 2 aromatic heterocycles. The van der Waals surface area contributed by atoms with E-state index in [0.717, 1.165) is 22.4 Å². The number of hydrogen-bond donors (Lipinski definition) is 1. The van der Waals surface area contributed by atoms with Crippen LogP contribution < -0.4 is 10.6 Å². The fourth-order valence-corrected chi connectivity index (χ4v) is 4.60. The Hall–Kier alpha value is -4.01. The number of anilines is 2. The van der Waals surface area contributed by atoms with Gasteiger partial charge in [-0.15, -0.1) is 0 Å². The van der Waals surface area contributed by atoms with Crippen molar-refractivity contribution in [1.82, 2.24) is 19.4 Å². The molecule has 0 saturated carbocycles. The number of likely N-dealkylation sites (N-methyl/N-ethyl adjacent to an activating group) is 1. The molecule has 0 aliphatic carbocycles. The minimum absolute atomic E-state index is 0.0418. The van der Waals surface area contributed by atoms with Gasteiger partial charge in [0.25, 0.3) is 5.91 Å². The van der Waals surface area contributed by atoms with Crippen LogP contribution in [0.25, 0.3) is 0 Å². The number of rotatable bonds is 8. The van der Waals surface area contributed by atoms with Crippen LogP contribution in [0.5, 0.6) is 0 Å². The van der Waals surface area contributed by atoms with Crippen molar-refractivity contribution in [2.24, 2.45) is 13.0 Å². The first-order valence-electron chi connectivity index (χ1n) is 11.7. The van der Waals surface area contributed by atoms with E-state index in [2.05, 4.69) is 9.97 Å². The molecule has 1 aliphatic rings. The molecule has 1 aliphatic heterocycles. The number of nitrogen functional groups attached to an aromatic ring is 1. The van der Waals surface area contributed by atoms with E-state index in [1.54, 1.807) is 42.5 Å². The summed E-state index contributed by atoms with van der Waals surface area (Å²) < 4.78 is 1.73. The number of carbonyl (C=O) groups excluding carboxylic acids is 3. The van der Waals surface area contributed by atoms with Gasteiger partial charge < -0.3 is 10.3 Å². The van der Waals surface area contributed by atoms with Crippen LogP contribution >= 0.6 is 0 Å². The van der Waals surface area contributed by atoms with Crippen molar-refractivity contribution in [3.05, 3.63) is 72.3 Å². The Balaban J connectivity index is 1.59. The van der Waals surface area contributed by atoms with Gasteiger partial charge in [-0.05, 0) is 42.0 Å². The lowest BCUT2D eigenvalue weighted by Gasteiger charge is -2.46. The Morgan fingerprint density at radius 2 is 1.91 bits per heavy atom. The molecule has 182 valence electrons. The van der Waals surface area contributed by atoms with Crippen molar-refractivity contribution in [2.45, 2.75) is 38.1 Å². The molecule has 0 radical (unpaired) electrons. The SMILES string of the molecule is CC[C@@H](CC(=O)N1C(=O)[C@H](Cc2ccnc(N)c2)[C@H]1C(=O)N(C)c1cn(C)cn1)c1ccccc1. The van der Waals surface area contributed by atoms with E-state index < -0.39 is 12.0 Å². The van der Waals surface area contributed by atoms with E-state index >= 15 is 0 Å². The summed E-state index contributed by atoms with van der Waals surface area (Å²) in [4.78, 5) is 51.0. The largest absolute Gasteiger partial charge is 0.384 e. The van der Waals surface area contributed by atoms with Crippen LogP contribution in [-0.4, -0.2) is 50.2 Å². The Morgan fingerprint density at radius 3 is 2.54 bits per heavy atom. The number of pyridine rings is 1. The number of amides is 3. The average Bonchev–Trinajstić information content (AvgIpc) is 3.29. The molecule has 0 bridgehead atoms. The van der Waals surface area contributed by atoms with E-state index in [4.69, 9.17) is 5.73 Å². The zero-order chi connectivity index (χ0) is 25.1. The monoisotopic (exact) mass is 474 g/mol. The van der Waals surface area contributed by atoms with Crippen molar-refractivity contribution in [1.29, 1.82) is 0 Å². The van der Waals surface area contributed by atoms with E-state index in [9.17, 15) is 14.4 Å². The third-order valence-electron chi connectivity index (χ3n) is 6.59. The summed E-state index contributed by atoms with van der Waals surface area (Å²) in [5.41, 5.74) is 7.63. The second-order valence-corrected chi connectivity index (χ2v) is 8.96. The number of imidazole rings is 1. The molecule has 9 heteroatoms. The predicted molar refractivity (Wildman–Crippen MR) is 132 cm³/mol. The van der Waals surface area contributed by atoms with Crippen molar-refractivity contribution in [2.75, 3.05) is 17.7 Å². The first kappa shape index (κ1) is 24.1. The maximum Gasteiger partial charge on any atom is 0.252 e. The fraction of sp³-hybridized carbons (Fsp3) is 0.346. The number of aryl methyl sites for hydroxylation is 1. The van der Waals surface area contributed by atoms with Gasteiger partial charge >= 0.3 is 0 Å². The average molecular weight is 475 g/mol. The molecular formula is C26H30N6O3. The van der Waals surface area contributed by atoms with Crippen molar-refractivity contribution in [3.63, 3.8) is 0 Å². The van der Waals surface area contributed by atoms with Crippen LogP contribution in [-0.2, 0) is 27.9 Å². The van der Waals surface area contributed by atoms with Crippen LogP contribution in [0.2, 0.25) is 0 Å². The van der Waals surface area contributed by atoms with Crippen molar-refractivity contribution in [3.8, 4) is 0 Å². The second kappa shape index (κ2) is 10.1. The number of aromatic nitrogens is 3. The van der Waals surface area contributed by atoms with Gasteiger partial charge in [0.05, 0.1) is 12.2 Å². The lowest BCUT2D eigenvalue weighted by molar-refractivity contribution is -0.170. The number of carbonyl (C=O) groups is 3. The maximum absolute atomic E-state index is 13.6. The molecule has 3 amide bonds. The molecular weight excluding hydrogens is 444 g/mol. The van der Waals surface area contributed by atoms with Crippen molar-refractivity contribution < 1.29 is 14.4 Å². The summed E-state index contributed by atoms with van der Waals surface area (Å²) in [5.74, 6) is -0.964. The summed E-state index contributed by atoms with van der Waals surface area (Å²) in [6, 6.07) is 12.3. The van der Waals surface area contributed by atoms with Crippen LogP contribution in [0.4, 0.5) is 11.6 Å². The van der Waals surface area contributed by atoms with Gasteiger partial charge in [-0.3, -0.25) is 24.2 Å². The molecule has 4 rings (SSSR count). The van der Waals surface area contributed by atoms with E-state index in [1.807, 2.05) is 44.3 Å². The molecule has 35 heavy (non-hydrogen) atoms. The highest BCUT2D eigenvalue weighted by molar-refractivity contribution is 6.12. The highest BCUT2D eigenvalue weighted by Gasteiger charge is 2.55. The highest BCUT2D eigenvalue weighted by Crippen LogP contribution is 2.35. The van der Waals surface area contributed by atoms with E-state index in [0.29, 0.717) is 11.6 Å². The molecule has 1 saturated heterocycles. The van der Waals surface area contributed by atoms with Crippen LogP contribution in [0.3, 0.4) is 0 Å². The van der Waals surface area contributed by atoms with Gasteiger partial charge in [-0.1, -0.05) is 37.3 Å². The first-order valence-corrected chi connectivity index (χ1v) is 11.7. The first-order chi connectivity index (χ1) is 16.8. The normalized spacial score (nSPS) is 18.1. The molecule has 3 aromatic rings. The van der Waals surface area contributed by atoms with Gasteiger partial charge in [0.15, 0.2) is 5.82 Å². The van der Waals surface area contributed by atoms with Crippen LogP contribution in [0, 0.1) is 5.92 Å². The standard InChI is InChI=1S/C26H30N6O3/c1-4-18(19-8-6-5-7-9-19)14-23(33)32-24(26(35)31(3)22-15-30(2)16-29-22)20(25(32)34)12-17-10-11-28-21(27)13-17/h5-11,13,15-16,18,20,24H,4,12,14H2,1-3H3,(H2,27,28)/t18-,20+,24-/m0/s1. The second-order valence-electron chi connectivity index (χ2n) is 8.96. The number of likely N-dealkylation sites (tertiary alicyclic amines) is 1. The van der Waals surface area contributed by atoms with E-state index in [-0.39, 0.29) is 36.5 Å². The van der Waals surface area contributed by atoms with Crippen LogP contribution in [0.15, 0.2) is 61.2 Å². The van der Waals surface area contributed by atoms with Gasteiger partial charge in [0.1, 0.15) is 11.9 Å². The summed E-state index contributed by atoms with van der Waals surface area (Å²) in [5, 5.41) is 0. The Morgan fingerprint density at radius 1 is 1.17 bits per heavy atom. The molecule has 0 unspecified atom stereocenters. The van der Waals surface area contributed by atoms with Crippen molar-refractivity contribution >= 4 is 29.4 Å². The summed E-state index contributed by atoms with van der Waals surface area (Å²) in [6.45, 7) is 2.01. The van der Waals surface area contributed by atoms with Gasteiger partial charge in [0.2, 0.25) is 11.8 Å². The van der Waals surface area contributed by atoms with Gasteiger partial charge in [0, 0.05) is 32.9 Å². The third kappa shape index (κ3) is 4.94. The van der Waals surface area contributed by atoms with Gasteiger partial charge in [-0.2, -0.15) is 0 Å². The van der Waals surface area contributed by atoms with E-state index in [1.165, 1.54) is 4.90 Å². The predicted octanol–water partition coefficient (Wildman–Crippen LogP) is 2.54. The minimum atomic E-state index is -0.912. The lowest BCUT2D eigenvalue weighted by atomic mass is 9.80. The quantitative estimate of drug-likeness (QED) is 0.502. The molecule has 3 atom stereocenters. The topological polar surface area (TPSA) is 114 Å². The number of nitrogens with two attached hydrogens (primary N) is 1. The Labute approximate surface area is 204 Å². The highest BCUT2D eigenvalue weighted by atomic mass is 16.2. The third-order valence-corrected chi connectivity index (χ3v) is 6.59. The summed E-state index contributed by atoms with van der Waals surface area (Å²) in [7, 11) is 3.42. The molecule has 0 spiro atoms. The smallest absolute Gasteiger partial charge is 0.252 e. The lowest BCUT2D eigenvalue weighted by Crippen LogP contribution is -2.69. The zero-order valence-corrected chi connectivity index (χ0v) is 20.2. The fourth-order valence-electron chi connectivity index (χ4n) is 4.60.